The summed E-state index contributed by atoms with van der Waals surface area (Å²) in [7, 11) is 0. The second-order valence-electron chi connectivity index (χ2n) is 6.84. The van der Waals surface area contributed by atoms with E-state index in [1.165, 1.54) is 4.90 Å². The van der Waals surface area contributed by atoms with E-state index >= 15 is 0 Å². The van der Waals surface area contributed by atoms with Crippen LogP contribution in [-0.4, -0.2) is 44.8 Å². The van der Waals surface area contributed by atoms with Crippen molar-refractivity contribution in [3.05, 3.63) is 23.8 Å². The van der Waals surface area contributed by atoms with Gasteiger partial charge in [-0.2, -0.15) is 0 Å². The lowest BCUT2D eigenvalue weighted by Crippen LogP contribution is -3.11. The van der Waals surface area contributed by atoms with Gasteiger partial charge in [-0.05, 0) is 24.6 Å². The molecule has 1 aromatic carbocycles. The molecule has 0 bridgehead atoms. The van der Waals surface area contributed by atoms with Crippen LogP contribution in [0.3, 0.4) is 0 Å². The molecule has 0 aliphatic carbocycles. The first kappa shape index (κ1) is 18.5. The second-order valence-corrected chi connectivity index (χ2v) is 6.84. The van der Waals surface area contributed by atoms with Crippen LogP contribution in [0.2, 0.25) is 0 Å². The van der Waals surface area contributed by atoms with Gasteiger partial charge in [-0.1, -0.05) is 13.3 Å². The van der Waals surface area contributed by atoms with Gasteiger partial charge in [-0.15, -0.1) is 0 Å². The lowest BCUT2D eigenvalue weighted by molar-refractivity contribution is -0.910. The van der Waals surface area contributed by atoms with Gasteiger partial charge in [0.2, 0.25) is 0 Å². The molecule has 3 N–H and O–H groups in total. The molecule has 1 aromatic rings. The minimum Gasteiger partial charge on any atom is -0.486 e. The third-order valence-electron chi connectivity index (χ3n) is 4.91. The van der Waals surface area contributed by atoms with Gasteiger partial charge < -0.3 is 19.7 Å². The Bertz CT molecular complexity index is 650. The molecular weight excluding hydrogens is 334 g/mol. The first-order valence-corrected chi connectivity index (χ1v) is 9.49. The molecule has 0 radical (unpaired) electrons. The molecular formula is C19H28N3O4+. The Hall–Kier alpha value is -2.28. The Kier molecular flexibility index (Phi) is 6.33. The number of likely N-dealkylation sites (tertiary alicyclic amines) is 1. The minimum atomic E-state index is -0.405. The highest BCUT2D eigenvalue weighted by Gasteiger charge is 2.32. The summed E-state index contributed by atoms with van der Waals surface area (Å²) in [5, 5.41) is 5.14. The maximum Gasteiger partial charge on any atom is 0.321 e. The fourth-order valence-corrected chi connectivity index (χ4v) is 3.60. The third kappa shape index (κ3) is 4.66. The van der Waals surface area contributed by atoms with E-state index in [-0.39, 0.29) is 11.9 Å². The first-order chi connectivity index (χ1) is 12.7. The zero-order chi connectivity index (χ0) is 18.4. The number of carbonyl (C=O) groups excluding carboxylic acids is 2. The molecule has 2 aliphatic heterocycles. The fourth-order valence-electron chi connectivity index (χ4n) is 3.60. The largest absolute Gasteiger partial charge is 0.486 e. The summed E-state index contributed by atoms with van der Waals surface area (Å²) in [5.74, 6) is 1.32. The predicted molar refractivity (Wildman–Crippen MR) is 96.6 cm³/mol. The van der Waals surface area contributed by atoms with Crippen LogP contribution < -0.4 is 25.0 Å². The standard InChI is InChI=1S/C19H27N3O4/c1-2-3-8-20-19(24)21-18(23)13-22-9-4-5-15(22)14-6-7-16-17(12-14)26-11-10-25-16/h6-7,12,15H,2-5,8-11,13H2,1H3,(H2,20,21,23,24)/p+1/t15-/m0/s1. The smallest absolute Gasteiger partial charge is 0.321 e. The zero-order valence-electron chi connectivity index (χ0n) is 15.3. The number of fused-ring (bicyclic) bond motifs is 1. The van der Waals surface area contributed by atoms with Crippen molar-refractivity contribution in [2.45, 2.75) is 38.6 Å². The van der Waals surface area contributed by atoms with Gasteiger partial charge in [0.15, 0.2) is 18.0 Å². The van der Waals surface area contributed by atoms with Crippen molar-refractivity contribution in [3.8, 4) is 11.5 Å². The molecule has 2 aliphatic rings. The Morgan fingerprint density at radius 3 is 2.85 bits per heavy atom. The van der Waals surface area contributed by atoms with Gasteiger partial charge in [-0.25, -0.2) is 4.79 Å². The Labute approximate surface area is 154 Å². The Morgan fingerprint density at radius 1 is 1.23 bits per heavy atom. The molecule has 2 heterocycles. The summed E-state index contributed by atoms with van der Waals surface area (Å²) in [5.41, 5.74) is 1.15. The van der Waals surface area contributed by atoms with E-state index in [0.717, 1.165) is 49.3 Å². The van der Waals surface area contributed by atoms with Crippen LogP contribution in [0.15, 0.2) is 18.2 Å². The van der Waals surface area contributed by atoms with E-state index in [4.69, 9.17) is 9.47 Å². The molecule has 7 nitrogen and oxygen atoms in total. The number of nitrogens with one attached hydrogen (secondary N) is 3. The lowest BCUT2D eigenvalue weighted by atomic mass is 10.0. The molecule has 3 rings (SSSR count). The average molecular weight is 362 g/mol. The molecule has 0 saturated carbocycles. The predicted octanol–water partition coefficient (Wildman–Crippen LogP) is 0.804. The SMILES string of the molecule is CCCCNC(=O)NC(=O)C[NH+]1CCC[C@H]1c1ccc2c(c1)OCCO2. The quantitative estimate of drug-likeness (QED) is 0.654. The number of unbranched alkanes of at least 4 members (excludes halogenated alkanes) is 1. The number of benzene rings is 1. The fraction of sp³-hybridized carbons (Fsp3) is 0.579. The molecule has 26 heavy (non-hydrogen) atoms. The van der Waals surface area contributed by atoms with E-state index in [1.54, 1.807) is 0 Å². The molecule has 0 aromatic heterocycles. The number of hydrogen-bond donors (Lipinski definition) is 3. The summed E-state index contributed by atoms with van der Waals surface area (Å²) < 4.78 is 11.2. The average Bonchev–Trinajstić information content (AvgIpc) is 3.09. The van der Waals surface area contributed by atoms with Crippen LogP contribution in [0.1, 0.15) is 44.2 Å². The number of ether oxygens (including phenoxy) is 2. The molecule has 1 unspecified atom stereocenters. The number of hydrogen-bond acceptors (Lipinski definition) is 4. The summed E-state index contributed by atoms with van der Waals surface area (Å²) in [6, 6.07) is 5.86. The molecule has 3 amide bonds. The summed E-state index contributed by atoms with van der Waals surface area (Å²) >= 11 is 0. The van der Waals surface area contributed by atoms with Crippen molar-refractivity contribution < 1.29 is 24.0 Å². The van der Waals surface area contributed by atoms with Crippen LogP contribution in [0.4, 0.5) is 4.79 Å². The lowest BCUT2D eigenvalue weighted by Gasteiger charge is -2.23. The highest BCUT2D eigenvalue weighted by Crippen LogP contribution is 2.33. The van der Waals surface area contributed by atoms with Crippen molar-refractivity contribution in [1.29, 1.82) is 0 Å². The molecule has 1 fully saturated rings. The van der Waals surface area contributed by atoms with Gasteiger partial charge in [0.05, 0.1) is 6.54 Å². The van der Waals surface area contributed by atoms with E-state index in [2.05, 4.69) is 23.6 Å². The molecule has 1 saturated heterocycles. The maximum absolute atomic E-state index is 12.2. The third-order valence-corrected chi connectivity index (χ3v) is 4.91. The number of carbonyl (C=O) groups is 2. The van der Waals surface area contributed by atoms with Gasteiger partial charge in [0.1, 0.15) is 19.3 Å². The summed E-state index contributed by atoms with van der Waals surface area (Å²) in [6.45, 7) is 5.00. The maximum atomic E-state index is 12.2. The van der Waals surface area contributed by atoms with Crippen molar-refractivity contribution in [2.24, 2.45) is 0 Å². The van der Waals surface area contributed by atoms with Crippen LogP contribution in [-0.2, 0) is 4.79 Å². The Morgan fingerprint density at radius 2 is 2.04 bits per heavy atom. The molecule has 142 valence electrons. The van der Waals surface area contributed by atoms with Gasteiger partial charge in [0, 0.05) is 24.9 Å². The number of quaternary nitrogens is 1. The van der Waals surface area contributed by atoms with E-state index in [0.29, 0.717) is 26.3 Å². The summed E-state index contributed by atoms with van der Waals surface area (Å²) in [6.07, 6.45) is 3.99. The summed E-state index contributed by atoms with van der Waals surface area (Å²) in [4.78, 5) is 25.1. The normalized spacial score (nSPS) is 21.3. The van der Waals surface area contributed by atoms with Crippen molar-refractivity contribution in [3.63, 3.8) is 0 Å². The zero-order valence-corrected chi connectivity index (χ0v) is 15.3. The number of amides is 3. The monoisotopic (exact) mass is 362 g/mol. The second kappa shape index (κ2) is 8.89. The number of rotatable bonds is 6. The minimum absolute atomic E-state index is 0.236. The van der Waals surface area contributed by atoms with E-state index in [1.807, 2.05) is 12.1 Å². The van der Waals surface area contributed by atoms with Crippen LogP contribution in [0.25, 0.3) is 0 Å². The van der Waals surface area contributed by atoms with Crippen molar-refractivity contribution in [2.75, 3.05) is 32.8 Å². The first-order valence-electron chi connectivity index (χ1n) is 9.49. The van der Waals surface area contributed by atoms with E-state index < -0.39 is 6.03 Å². The topological polar surface area (TPSA) is 81.1 Å². The molecule has 2 atom stereocenters. The van der Waals surface area contributed by atoms with Gasteiger partial charge in [-0.3, -0.25) is 10.1 Å². The molecule has 7 heteroatoms. The van der Waals surface area contributed by atoms with Gasteiger partial charge in [0.25, 0.3) is 5.91 Å². The highest BCUT2D eigenvalue weighted by molar-refractivity contribution is 5.94. The number of urea groups is 1. The van der Waals surface area contributed by atoms with Crippen LogP contribution in [0.5, 0.6) is 11.5 Å². The van der Waals surface area contributed by atoms with Gasteiger partial charge >= 0.3 is 6.03 Å². The highest BCUT2D eigenvalue weighted by atomic mass is 16.6. The van der Waals surface area contributed by atoms with E-state index in [9.17, 15) is 9.59 Å². The number of imide groups is 1. The van der Waals surface area contributed by atoms with Crippen molar-refractivity contribution >= 4 is 11.9 Å². The van der Waals surface area contributed by atoms with Crippen LogP contribution in [0, 0.1) is 0 Å². The molecule has 0 spiro atoms. The van der Waals surface area contributed by atoms with Crippen LogP contribution >= 0.6 is 0 Å². The Balaban J connectivity index is 1.56. The van der Waals surface area contributed by atoms with Crippen molar-refractivity contribution in [1.82, 2.24) is 10.6 Å².